The molecule has 0 radical (unpaired) electrons. The number of nitrogens with zero attached hydrogens (tertiary/aromatic N) is 1. The van der Waals surface area contributed by atoms with Gasteiger partial charge in [0.15, 0.2) is 0 Å². The summed E-state index contributed by atoms with van der Waals surface area (Å²) in [6, 6.07) is 10.8. The molecule has 2 aliphatic rings. The van der Waals surface area contributed by atoms with Gasteiger partial charge in [0.05, 0.1) is 5.92 Å². The van der Waals surface area contributed by atoms with Gasteiger partial charge in [-0.3, -0.25) is 9.69 Å². The SMILES string of the molecule is CC1CCNCC1NC(=O)C1CCCN(Cc2ccccc2)C1. The predicted molar refractivity (Wildman–Crippen MR) is 93.0 cm³/mol. The summed E-state index contributed by atoms with van der Waals surface area (Å²) in [5.41, 5.74) is 1.33. The van der Waals surface area contributed by atoms with Gasteiger partial charge in [-0.25, -0.2) is 0 Å². The predicted octanol–water partition coefficient (Wildman–Crippen LogP) is 2.01. The fourth-order valence-corrected chi connectivity index (χ4v) is 3.74. The first-order valence-corrected chi connectivity index (χ1v) is 9.00. The molecule has 1 aromatic rings. The zero-order valence-corrected chi connectivity index (χ0v) is 14.1. The Morgan fingerprint density at radius 3 is 2.91 bits per heavy atom. The molecule has 1 amide bonds. The molecule has 2 saturated heterocycles. The lowest BCUT2D eigenvalue weighted by molar-refractivity contribution is -0.128. The topological polar surface area (TPSA) is 44.4 Å². The minimum atomic E-state index is 0.140. The number of carbonyl (C=O) groups is 1. The molecular weight excluding hydrogens is 286 g/mol. The molecule has 2 aliphatic heterocycles. The molecule has 0 saturated carbocycles. The molecule has 0 spiro atoms. The summed E-state index contributed by atoms with van der Waals surface area (Å²) in [7, 11) is 0. The van der Waals surface area contributed by atoms with Crippen LogP contribution in [-0.2, 0) is 11.3 Å². The molecule has 2 fully saturated rings. The second-order valence-electron chi connectivity index (χ2n) is 7.15. The van der Waals surface area contributed by atoms with Crippen LogP contribution in [0.1, 0.15) is 31.7 Å². The van der Waals surface area contributed by atoms with Crippen LogP contribution in [-0.4, -0.2) is 43.0 Å². The highest BCUT2D eigenvalue weighted by molar-refractivity contribution is 5.79. The summed E-state index contributed by atoms with van der Waals surface area (Å²) in [5.74, 6) is 0.967. The number of likely N-dealkylation sites (tertiary alicyclic amines) is 1. The van der Waals surface area contributed by atoms with Crippen molar-refractivity contribution in [1.82, 2.24) is 15.5 Å². The van der Waals surface area contributed by atoms with Crippen LogP contribution in [0, 0.1) is 11.8 Å². The standard InChI is InChI=1S/C19H29N3O/c1-15-9-10-20-12-18(15)21-19(23)17-8-5-11-22(14-17)13-16-6-3-2-4-7-16/h2-4,6-7,15,17-18,20H,5,8-14H2,1H3,(H,21,23). The van der Waals surface area contributed by atoms with E-state index >= 15 is 0 Å². The zero-order chi connectivity index (χ0) is 16.1. The summed E-state index contributed by atoms with van der Waals surface area (Å²) in [6.07, 6.45) is 3.28. The lowest BCUT2D eigenvalue weighted by Crippen LogP contribution is -2.53. The fraction of sp³-hybridized carbons (Fsp3) is 0.632. The zero-order valence-electron chi connectivity index (χ0n) is 14.1. The third kappa shape index (κ3) is 4.55. The maximum Gasteiger partial charge on any atom is 0.224 e. The van der Waals surface area contributed by atoms with Gasteiger partial charge in [0.25, 0.3) is 0 Å². The van der Waals surface area contributed by atoms with Gasteiger partial charge in [0.2, 0.25) is 5.91 Å². The number of nitrogens with one attached hydrogen (secondary N) is 2. The van der Waals surface area contributed by atoms with E-state index in [0.29, 0.717) is 12.0 Å². The minimum Gasteiger partial charge on any atom is -0.352 e. The maximum atomic E-state index is 12.6. The van der Waals surface area contributed by atoms with Gasteiger partial charge in [-0.05, 0) is 43.8 Å². The molecule has 0 bridgehead atoms. The number of amides is 1. The van der Waals surface area contributed by atoms with E-state index in [1.165, 1.54) is 5.56 Å². The first-order chi connectivity index (χ1) is 11.2. The molecule has 3 unspecified atom stereocenters. The highest BCUT2D eigenvalue weighted by Crippen LogP contribution is 2.20. The van der Waals surface area contributed by atoms with Crippen LogP contribution < -0.4 is 10.6 Å². The summed E-state index contributed by atoms with van der Waals surface area (Å²) < 4.78 is 0. The molecule has 4 heteroatoms. The molecule has 0 aromatic heterocycles. The number of carbonyl (C=O) groups excluding carboxylic acids is 1. The largest absolute Gasteiger partial charge is 0.352 e. The van der Waals surface area contributed by atoms with E-state index in [-0.39, 0.29) is 11.8 Å². The molecular formula is C19H29N3O. The average molecular weight is 315 g/mol. The maximum absolute atomic E-state index is 12.6. The minimum absolute atomic E-state index is 0.140. The van der Waals surface area contributed by atoms with Gasteiger partial charge in [-0.1, -0.05) is 37.3 Å². The van der Waals surface area contributed by atoms with E-state index in [4.69, 9.17) is 0 Å². The molecule has 2 N–H and O–H groups in total. The number of rotatable bonds is 4. The number of piperidine rings is 2. The Bertz CT molecular complexity index is 505. The first-order valence-electron chi connectivity index (χ1n) is 9.00. The fourth-order valence-electron chi connectivity index (χ4n) is 3.74. The van der Waals surface area contributed by atoms with Crippen LogP contribution in [0.25, 0.3) is 0 Å². The normalized spacial score (nSPS) is 29.2. The third-order valence-corrected chi connectivity index (χ3v) is 5.28. The molecule has 3 atom stereocenters. The van der Waals surface area contributed by atoms with Crippen LogP contribution >= 0.6 is 0 Å². The molecule has 2 heterocycles. The smallest absolute Gasteiger partial charge is 0.224 e. The van der Waals surface area contributed by atoms with Gasteiger partial charge in [-0.15, -0.1) is 0 Å². The van der Waals surface area contributed by atoms with E-state index in [2.05, 4.69) is 52.8 Å². The lowest BCUT2D eigenvalue weighted by atomic mass is 9.92. The van der Waals surface area contributed by atoms with Gasteiger partial charge in [0, 0.05) is 25.7 Å². The van der Waals surface area contributed by atoms with Crippen LogP contribution in [0.15, 0.2) is 30.3 Å². The van der Waals surface area contributed by atoms with Crippen molar-refractivity contribution in [1.29, 1.82) is 0 Å². The van der Waals surface area contributed by atoms with Gasteiger partial charge < -0.3 is 10.6 Å². The lowest BCUT2D eigenvalue weighted by Gasteiger charge is -2.35. The molecule has 0 aliphatic carbocycles. The monoisotopic (exact) mass is 315 g/mol. The van der Waals surface area contributed by atoms with E-state index in [0.717, 1.165) is 52.0 Å². The highest BCUT2D eigenvalue weighted by atomic mass is 16.2. The Kier molecular flexibility index (Phi) is 5.68. The Hall–Kier alpha value is -1.39. The van der Waals surface area contributed by atoms with Crippen molar-refractivity contribution in [2.75, 3.05) is 26.2 Å². The van der Waals surface area contributed by atoms with Crippen molar-refractivity contribution in [3.63, 3.8) is 0 Å². The van der Waals surface area contributed by atoms with E-state index in [1.807, 2.05) is 0 Å². The summed E-state index contributed by atoms with van der Waals surface area (Å²) in [6.45, 7) is 7.16. The van der Waals surface area contributed by atoms with E-state index < -0.39 is 0 Å². The van der Waals surface area contributed by atoms with Crippen molar-refractivity contribution < 1.29 is 4.79 Å². The Morgan fingerprint density at radius 2 is 2.13 bits per heavy atom. The molecule has 1 aromatic carbocycles. The number of hydrogen-bond acceptors (Lipinski definition) is 3. The molecule has 4 nitrogen and oxygen atoms in total. The third-order valence-electron chi connectivity index (χ3n) is 5.28. The molecule has 3 rings (SSSR count). The quantitative estimate of drug-likeness (QED) is 0.893. The molecule has 23 heavy (non-hydrogen) atoms. The summed E-state index contributed by atoms with van der Waals surface area (Å²) in [4.78, 5) is 15.1. The van der Waals surface area contributed by atoms with Gasteiger partial charge in [-0.2, -0.15) is 0 Å². The summed E-state index contributed by atoms with van der Waals surface area (Å²) in [5, 5.41) is 6.68. The van der Waals surface area contributed by atoms with Crippen LogP contribution in [0.5, 0.6) is 0 Å². The van der Waals surface area contributed by atoms with Crippen molar-refractivity contribution in [2.24, 2.45) is 11.8 Å². The van der Waals surface area contributed by atoms with Crippen molar-refractivity contribution in [2.45, 2.75) is 38.8 Å². The highest BCUT2D eigenvalue weighted by Gasteiger charge is 2.29. The average Bonchev–Trinajstić information content (AvgIpc) is 2.58. The van der Waals surface area contributed by atoms with Gasteiger partial charge in [0.1, 0.15) is 0 Å². The van der Waals surface area contributed by atoms with Crippen LogP contribution in [0.4, 0.5) is 0 Å². The first kappa shape index (κ1) is 16.5. The van der Waals surface area contributed by atoms with Gasteiger partial charge >= 0.3 is 0 Å². The van der Waals surface area contributed by atoms with Crippen LogP contribution in [0.2, 0.25) is 0 Å². The number of benzene rings is 1. The van der Waals surface area contributed by atoms with Crippen LogP contribution in [0.3, 0.4) is 0 Å². The summed E-state index contributed by atoms with van der Waals surface area (Å²) >= 11 is 0. The molecule has 126 valence electrons. The number of hydrogen-bond donors (Lipinski definition) is 2. The second-order valence-corrected chi connectivity index (χ2v) is 7.15. The van der Waals surface area contributed by atoms with Crippen molar-refractivity contribution >= 4 is 5.91 Å². The Labute approximate surface area is 139 Å². The van der Waals surface area contributed by atoms with E-state index in [1.54, 1.807) is 0 Å². The van der Waals surface area contributed by atoms with E-state index in [9.17, 15) is 4.79 Å². The Morgan fingerprint density at radius 1 is 1.30 bits per heavy atom. The second kappa shape index (κ2) is 7.93. The van der Waals surface area contributed by atoms with Crippen molar-refractivity contribution in [3.05, 3.63) is 35.9 Å². The van der Waals surface area contributed by atoms with Crippen molar-refractivity contribution in [3.8, 4) is 0 Å². The Balaban J connectivity index is 1.52.